The fraction of sp³-hybridized carbons (Fsp3) is 0.538. The fourth-order valence-electron chi connectivity index (χ4n) is 2.34. The van der Waals surface area contributed by atoms with Gasteiger partial charge in [0.25, 0.3) is 0 Å². The van der Waals surface area contributed by atoms with Gasteiger partial charge in [0, 0.05) is 33.0 Å². The molecule has 2 heterocycles. The van der Waals surface area contributed by atoms with Gasteiger partial charge in [0.05, 0.1) is 6.04 Å². The van der Waals surface area contributed by atoms with Crippen LogP contribution in [0.5, 0.6) is 0 Å². The molecule has 1 atom stereocenters. The molecule has 1 aromatic heterocycles. The molecule has 0 unspecified atom stereocenters. The number of urea groups is 1. The van der Waals surface area contributed by atoms with Crippen molar-refractivity contribution < 1.29 is 4.79 Å². The molecule has 17 heavy (non-hydrogen) atoms. The molecule has 0 radical (unpaired) electrons. The van der Waals surface area contributed by atoms with Crippen molar-refractivity contribution in [2.45, 2.75) is 25.3 Å². The number of hydrogen-bond donors (Lipinski definition) is 0. The zero-order valence-corrected chi connectivity index (χ0v) is 10.5. The number of likely N-dealkylation sites (tertiary alicyclic amines) is 1. The quantitative estimate of drug-likeness (QED) is 0.746. The summed E-state index contributed by atoms with van der Waals surface area (Å²) in [6.07, 6.45) is 6.94. The van der Waals surface area contributed by atoms with Crippen LogP contribution in [0.3, 0.4) is 0 Å². The summed E-state index contributed by atoms with van der Waals surface area (Å²) in [4.78, 5) is 19.9. The van der Waals surface area contributed by atoms with Crippen molar-refractivity contribution in [1.29, 1.82) is 0 Å². The van der Waals surface area contributed by atoms with E-state index in [4.69, 9.17) is 0 Å². The van der Waals surface area contributed by atoms with Gasteiger partial charge in [-0.05, 0) is 30.9 Å². The minimum absolute atomic E-state index is 0.0959. The van der Waals surface area contributed by atoms with Crippen molar-refractivity contribution in [2.75, 3.05) is 20.6 Å². The Kier molecular flexibility index (Phi) is 3.61. The Morgan fingerprint density at radius 3 is 2.94 bits per heavy atom. The second-order valence-electron chi connectivity index (χ2n) is 4.67. The molecule has 4 nitrogen and oxygen atoms in total. The third kappa shape index (κ3) is 2.57. The highest BCUT2D eigenvalue weighted by Crippen LogP contribution is 2.30. The van der Waals surface area contributed by atoms with E-state index in [2.05, 4.69) is 11.1 Å². The first-order chi connectivity index (χ1) is 8.20. The molecule has 1 saturated heterocycles. The van der Waals surface area contributed by atoms with Crippen molar-refractivity contribution in [3.8, 4) is 0 Å². The fourth-order valence-corrected chi connectivity index (χ4v) is 2.34. The van der Waals surface area contributed by atoms with E-state index in [1.54, 1.807) is 25.2 Å². The van der Waals surface area contributed by atoms with Crippen molar-refractivity contribution in [2.24, 2.45) is 0 Å². The van der Waals surface area contributed by atoms with E-state index < -0.39 is 0 Å². The second-order valence-corrected chi connectivity index (χ2v) is 4.67. The maximum absolute atomic E-state index is 12.1. The normalized spacial score (nSPS) is 20.1. The van der Waals surface area contributed by atoms with Crippen molar-refractivity contribution >= 4 is 6.03 Å². The van der Waals surface area contributed by atoms with Gasteiger partial charge in [-0.1, -0.05) is 6.07 Å². The predicted molar refractivity (Wildman–Crippen MR) is 66.6 cm³/mol. The Labute approximate surface area is 102 Å². The van der Waals surface area contributed by atoms with E-state index in [1.165, 1.54) is 6.42 Å². The van der Waals surface area contributed by atoms with Gasteiger partial charge < -0.3 is 9.80 Å². The van der Waals surface area contributed by atoms with Crippen LogP contribution in [-0.4, -0.2) is 41.5 Å². The third-order valence-electron chi connectivity index (χ3n) is 3.20. The Morgan fingerprint density at radius 2 is 2.29 bits per heavy atom. The van der Waals surface area contributed by atoms with Gasteiger partial charge in [-0.25, -0.2) is 4.79 Å². The number of piperidine rings is 1. The minimum atomic E-state index is 0.0959. The molecule has 1 fully saturated rings. The summed E-state index contributed by atoms with van der Waals surface area (Å²) in [6, 6.07) is 4.27. The number of hydrogen-bond acceptors (Lipinski definition) is 2. The van der Waals surface area contributed by atoms with Crippen LogP contribution in [0.2, 0.25) is 0 Å². The molecule has 4 heteroatoms. The second kappa shape index (κ2) is 5.17. The molecule has 0 aromatic carbocycles. The van der Waals surface area contributed by atoms with Crippen LogP contribution in [0.1, 0.15) is 30.9 Å². The highest BCUT2D eigenvalue weighted by atomic mass is 16.2. The van der Waals surface area contributed by atoms with Gasteiger partial charge in [-0.2, -0.15) is 0 Å². The first-order valence-electron chi connectivity index (χ1n) is 6.08. The number of carbonyl (C=O) groups is 1. The van der Waals surface area contributed by atoms with Gasteiger partial charge in [0.2, 0.25) is 0 Å². The summed E-state index contributed by atoms with van der Waals surface area (Å²) in [6.45, 7) is 0.844. The molecule has 2 rings (SSSR count). The molecule has 2 amide bonds. The maximum Gasteiger partial charge on any atom is 0.319 e. The Morgan fingerprint density at radius 1 is 1.47 bits per heavy atom. The average Bonchev–Trinajstić information content (AvgIpc) is 2.39. The minimum Gasteiger partial charge on any atom is -0.331 e. The third-order valence-corrected chi connectivity index (χ3v) is 3.20. The largest absolute Gasteiger partial charge is 0.331 e. The lowest BCUT2D eigenvalue weighted by Crippen LogP contribution is -2.44. The number of pyridine rings is 1. The van der Waals surface area contributed by atoms with E-state index in [1.807, 2.05) is 17.2 Å². The van der Waals surface area contributed by atoms with Crippen molar-refractivity contribution in [1.82, 2.24) is 14.8 Å². The summed E-state index contributed by atoms with van der Waals surface area (Å²) in [5, 5.41) is 0. The van der Waals surface area contributed by atoms with Crippen LogP contribution >= 0.6 is 0 Å². The average molecular weight is 233 g/mol. The van der Waals surface area contributed by atoms with Gasteiger partial charge >= 0.3 is 6.03 Å². The van der Waals surface area contributed by atoms with E-state index in [0.29, 0.717) is 0 Å². The van der Waals surface area contributed by atoms with Crippen LogP contribution in [0.15, 0.2) is 24.5 Å². The van der Waals surface area contributed by atoms with Gasteiger partial charge in [0.1, 0.15) is 0 Å². The molecule has 0 aliphatic carbocycles. The van der Waals surface area contributed by atoms with E-state index in [0.717, 1.165) is 24.9 Å². The topological polar surface area (TPSA) is 36.4 Å². The summed E-state index contributed by atoms with van der Waals surface area (Å²) in [5.74, 6) is 0. The molecule has 0 spiro atoms. The lowest BCUT2D eigenvalue weighted by molar-refractivity contribution is 0.129. The molecule has 1 aliphatic rings. The molecule has 1 aromatic rings. The summed E-state index contributed by atoms with van der Waals surface area (Å²) >= 11 is 0. The number of amides is 2. The Hall–Kier alpha value is -1.58. The SMILES string of the molecule is CN(C)C(=O)N1CCCC[C@H]1c1cccnc1. The van der Waals surface area contributed by atoms with Crippen LogP contribution < -0.4 is 0 Å². The molecule has 0 saturated carbocycles. The van der Waals surface area contributed by atoms with Crippen molar-refractivity contribution in [3.63, 3.8) is 0 Å². The van der Waals surface area contributed by atoms with Crippen LogP contribution in [-0.2, 0) is 0 Å². The van der Waals surface area contributed by atoms with Crippen molar-refractivity contribution in [3.05, 3.63) is 30.1 Å². The lowest BCUT2D eigenvalue weighted by Gasteiger charge is -2.37. The predicted octanol–water partition coefficient (Wildman–Crippen LogP) is 2.29. The smallest absolute Gasteiger partial charge is 0.319 e. The number of rotatable bonds is 1. The van der Waals surface area contributed by atoms with Gasteiger partial charge in [0.15, 0.2) is 0 Å². The maximum atomic E-state index is 12.1. The Balaban J connectivity index is 2.21. The molecular formula is C13H19N3O. The standard InChI is InChI=1S/C13H19N3O/c1-15(2)13(17)16-9-4-3-7-12(16)11-6-5-8-14-10-11/h5-6,8,10,12H,3-4,7,9H2,1-2H3/t12-/m0/s1. The first-order valence-corrected chi connectivity index (χ1v) is 6.08. The number of nitrogens with zero attached hydrogens (tertiary/aromatic N) is 3. The monoisotopic (exact) mass is 233 g/mol. The molecule has 92 valence electrons. The molecular weight excluding hydrogens is 214 g/mol. The highest BCUT2D eigenvalue weighted by Gasteiger charge is 2.28. The highest BCUT2D eigenvalue weighted by molar-refractivity contribution is 5.74. The number of carbonyl (C=O) groups excluding carboxylic acids is 1. The van der Waals surface area contributed by atoms with Crippen LogP contribution in [0.4, 0.5) is 4.79 Å². The first kappa shape index (κ1) is 11.9. The van der Waals surface area contributed by atoms with E-state index >= 15 is 0 Å². The number of aromatic nitrogens is 1. The lowest BCUT2D eigenvalue weighted by atomic mass is 9.97. The van der Waals surface area contributed by atoms with E-state index in [9.17, 15) is 4.79 Å². The zero-order valence-electron chi connectivity index (χ0n) is 10.5. The zero-order chi connectivity index (χ0) is 12.3. The summed E-state index contributed by atoms with van der Waals surface area (Å²) in [5.41, 5.74) is 1.14. The van der Waals surface area contributed by atoms with Crippen LogP contribution in [0.25, 0.3) is 0 Å². The van der Waals surface area contributed by atoms with Crippen LogP contribution in [0, 0.1) is 0 Å². The van der Waals surface area contributed by atoms with E-state index in [-0.39, 0.29) is 12.1 Å². The molecule has 0 bridgehead atoms. The summed E-state index contributed by atoms with van der Waals surface area (Å²) < 4.78 is 0. The molecule has 0 N–H and O–H groups in total. The summed E-state index contributed by atoms with van der Waals surface area (Å²) in [7, 11) is 3.61. The molecule has 1 aliphatic heterocycles. The Bertz CT molecular complexity index is 378. The van der Waals surface area contributed by atoms with Gasteiger partial charge in [-0.15, -0.1) is 0 Å². The van der Waals surface area contributed by atoms with Gasteiger partial charge in [-0.3, -0.25) is 4.98 Å².